The van der Waals surface area contributed by atoms with Crippen molar-refractivity contribution in [1.29, 1.82) is 0 Å². The van der Waals surface area contributed by atoms with Crippen LogP contribution >= 0.6 is 0 Å². The van der Waals surface area contributed by atoms with Crippen LogP contribution in [0.5, 0.6) is 0 Å². The van der Waals surface area contributed by atoms with Crippen LogP contribution in [-0.2, 0) is 4.79 Å². The number of likely N-dealkylation sites (N-methyl/N-ethyl adjacent to an activating group) is 1. The second kappa shape index (κ2) is 12.5. The van der Waals surface area contributed by atoms with Gasteiger partial charge < -0.3 is 25.5 Å². The van der Waals surface area contributed by atoms with Gasteiger partial charge >= 0.3 is 0 Å². The van der Waals surface area contributed by atoms with Gasteiger partial charge in [0, 0.05) is 50.2 Å². The minimum Gasteiger partial charge on any atom is -0.393 e. The van der Waals surface area contributed by atoms with E-state index in [9.17, 15) is 18.7 Å². The standard InChI is InChI=1S/C30H40F2N8O2/c1-2-38-13-15-39(16-14-38)28(42)19-3-8-22(9-4-19)40-27-26(36-30(40)35-25-12-5-20(31)17-24(25)32)18-33-29(37-27)34-21-6-10-23(41)11-7-21/h5,12,17-19,21-23,41H,2-4,6-11,13-16H2,1H3,(H,35,36)(H,33,34,37)/t19-,21-,22+,23-. The van der Waals surface area contributed by atoms with Gasteiger partial charge in [0.15, 0.2) is 5.65 Å². The number of aliphatic hydroxyl groups is 1. The lowest BCUT2D eigenvalue weighted by atomic mass is 9.85. The number of anilines is 3. The van der Waals surface area contributed by atoms with Crippen LogP contribution < -0.4 is 10.6 Å². The number of benzene rings is 1. The molecule has 0 unspecified atom stereocenters. The third-order valence-corrected chi connectivity index (χ3v) is 9.18. The molecule has 1 aliphatic heterocycles. The van der Waals surface area contributed by atoms with Crippen LogP contribution in [-0.4, -0.2) is 85.2 Å². The van der Waals surface area contributed by atoms with E-state index in [2.05, 4.69) is 27.4 Å². The van der Waals surface area contributed by atoms with Crippen LogP contribution in [0.3, 0.4) is 0 Å². The number of imidazole rings is 1. The van der Waals surface area contributed by atoms with Gasteiger partial charge in [-0.3, -0.25) is 9.36 Å². The number of fused-ring (bicyclic) bond motifs is 1. The predicted octanol–water partition coefficient (Wildman–Crippen LogP) is 4.46. The Hall–Kier alpha value is -3.38. The highest BCUT2D eigenvalue weighted by molar-refractivity contribution is 5.79. The summed E-state index contributed by atoms with van der Waals surface area (Å²) in [6.45, 7) is 6.56. The van der Waals surface area contributed by atoms with Crippen LogP contribution in [0.15, 0.2) is 24.4 Å². The minimum absolute atomic E-state index is 0.00502. The van der Waals surface area contributed by atoms with Crippen LogP contribution in [0.1, 0.15) is 64.3 Å². The van der Waals surface area contributed by atoms with Crippen LogP contribution in [0.25, 0.3) is 11.2 Å². The van der Waals surface area contributed by atoms with E-state index < -0.39 is 11.6 Å². The van der Waals surface area contributed by atoms with Gasteiger partial charge in [0.2, 0.25) is 17.8 Å². The highest BCUT2D eigenvalue weighted by atomic mass is 19.1. The van der Waals surface area contributed by atoms with Gasteiger partial charge in [-0.15, -0.1) is 0 Å². The predicted molar refractivity (Wildman–Crippen MR) is 157 cm³/mol. The van der Waals surface area contributed by atoms with Crippen molar-refractivity contribution in [3.05, 3.63) is 36.0 Å². The van der Waals surface area contributed by atoms with E-state index in [1.807, 2.05) is 9.47 Å². The molecule has 1 aromatic carbocycles. The molecule has 6 rings (SSSR count). The number of aliphatic hydroxyl groups excluding tert-OH is 1. The number of rotatable bonds is 7. The van der Waals surface area contributed by atoms with E-state index in [1.165, 1.54) is 12.1 Å². The Labute approximate surface area is 244 Å². The summed E-state index contributed by atoms with van der Waals surface area (Å²) in [6, 6.07) is 3.58. The molecule has 0 bridgehead atoms. The molecule has 10 nitrogen and oxygen atoms in total. The quantitative estimate of drug-likeness (QED) is 0.375. The first-order chi connectivity index (χ1) is 20.4. The number of carbonyl (C=O) groups is 1. The number of piperazine rings is 1. The molecule has 3 aliphatic rings. The number of hydrogen-bond acceptors (Lipinski definition) is 8. The van der Waals surface area contributed by atoms with Crippen molar-refractivity contribution in [3.63, 3.8) is 0 Å². The second-order valence-electron chi connectivity index (χ2n) is 11.9. The van der Waals surface area contributed by atoms with Crippen molar-refractivity contribution in [2.24, 2.45) is 5.92 Å². The Morgan fingerprint density at radius 2 is 1.74 bits per heavy atom. The zero-order chi connectivity index (χ0) is 29.2. The molecular weight excluding hydrogens is 542 g/mol. The highest BCUT2D eigenvalue weighted by Gasteiger charge is 2.33. The van der Waals surface area contributed by atoms with Crippen molar-refractivity contribution in [2.45, 2.75) is 76.5 Å². The van der Waals surface area contributed by atoms with E-state index in [1.54, 1.807) is 6.20 Å². The molecule has 0 atom stereocenters. The maximum absolute atomic E-state index is 14.6. The zero-order valence-corrected chi connectivity index (χ0v) is 24.1. The summed E-state index contributed by atoms with van der Waals surface area (Å²) in [5.74, 6) is -0.226. The van der Waals surface area contributed by atoms with Gasteiger partial charge in [0.1, 0.15) is 17.2 Å². The summed E-state index contributed by atoms with van der Waals surface area (Å²) in [4.78, 5) is 31.8. The average molecular weight is 583 g/mol. The summed E-state index contributed by atoms with van der Waals surface area (Å²) in [6.07, 6.45) is 7.58. The number of aromatic nitrogens is 4. The summed E-state index contributed by atoms with van der Waals surface area (Å²) >= 11 is 0. The Morgan fingerprint density at radius 1 is 1.00 bits per heavy atom. The molecule has 12 heteroatoms. The molecule has 1 amide bonds. The number of hydrogen-bond donors (Lipinski definition) is 3. The third-order valence-electron chi connectivity index (χ3n) is 9.18. The number of nitrogens with one attached hydrogen (secondary N) is 2. The highest BCUT2D eigenvalue weighted by Crippen LogP contribution is 2.38. The fourth-order valence-electron chi connectivity index (χ4n) is 6.63. The van der Waals surface area contributed by atoms with Crippen molar-refractivity contribution in [1.82, 2.24) is 29.3 Å². The number of nitrogens with zero attached hydrogens (tertiary/aromatic N) is 6. The number of halogens is 2. The Balaban J connectivity index is 1.24. The number of carbonyl (C=O) groups excluding carboxylic acids is 1. The molecule has 3 aromatic rings. The number of amides is 1. The first-order valence-corrected chi connectivity index (χ1v) is 15.3. The largest absolute Gasteiger partial charge is 0.393 e. The molecule has 2 aromatic heterocycles. The summed E-state index contributed by atoms with van der Waals surface area (Å²) in [5, 5.41) is 16.4. The molecule has 2 saturated carbocycles. The van der Waals surface area contributed by atoms with Gasteiger partial charge in [0.05, 0.1) is 18.0 Å². The molecular formula is C30H40F2N8O2. The third kappa shape index (κ3) is 6.19. The van der Waals surface area contributed by atoms with Gasteiger partial charge in [-0.2, -0.15) is 4.98 Å². The fraction of sp³-hybridized carbons (Fsp3) is 0.600. The first kappa shape index (κ1) is 28.7. The maximum Gasteiger partial charge on any atom is 0.225 e. The van der Waals surface area contributed by atoms with E-state index in [4.69, 9.17) is 9.97 Å². The monoisotopic (exact) mass is 582 g/mol. The molecule has 226 valence electrons. The van der Waals surface area contributed by atoms with Crippen molar-refractivity contribution < 1.29 is 18.7 Å². The second-order valence-corrected chi connectivity index (χ2v) is 11.9. The summed E-state index contributed by atoms with van der Waals surface area (Å²) in [5.41, 5.74) is 1.31. The van der Waals surface area contributed by atoms with E-state index in [0.29, 0.717) is 23.1 Å². The Morgan fingerprint density at radius 3 is 2.43 bits per heavy atom. The lowest BCUT2D eigenvalue weighted by Gasteiger charge is -2.37. The molecule has 0 spiro atoms. The van der Waals surface area contributed by atoms with Crippen LogP contribution in [0, 0.1) is 17.6 Å². The van der Waals surface area contributed by atoms with Crippen LogP contribution in [0.4, 0.5) is 26.4 Å². The van der Waals surface area contributed by atoms with E-state index in [-0.39, 0.29) is 35.7 Å². The van der Waals surface area contributed by atoms with Crippen molar-refractivity contribution >= 4 is 34.7 Å². The molecule has 42 heavy (non-hydrogen) atoms. The maximum atomic E-state index is 14.6. The Bertz CT molecular complexity index is 1390. The topological polar surface area (TPSA) is 111 Å². The van der Waals surface area contributed by atoms with Gasteiger partial charge in [-0.25, -0.2) is 18.7 Å². The minimum atomic E-state index is -0.709. The van der Waals surface area contributed by atoms with Crippen LogP contribution in [0.2, 0.25) is 0 Å². The van der Waals surface area contributed by atoms with Crippen molar-refractivity contribution in [3.8, 4) is 0 Å². The lowest BCUT2D eigenvalue weighted by Crippen LogP contribution is -2.50. The van der Waals surface area contributed by atoms with Crippen molar-refractivity contribution in [2.75, 3.05) is 43.4 Å². The van der Waals surface area contributed by atoms with Gasteiger partial charge in [0.25, 0.3) is 0 Å². The molecule has 3 heterocycles. The summed E-state index contributed by atoms with van der Waals surface area (Å²) in [7, 11) is 0. The average Bonchev–Trinajstić information content (AvgIpc) is 3.36. The normalized spacial score (nSPS) is 25.5. The SMILES string of the molecule is CCN1CCN(C(=O)[C@H]2CC[C@@H](n3c(Nc4ccc(F)cc4F)nc4cnc(N[C@H]5CC[C@H](O)CC5)nc43)CC2)CC1. The van der Waals surface area contributed by atoms with E-state index >= 15 is 0 Å². The molecule has 2 aliphatic carbocycles. The van der Waals surface area contributed by atoms with E-state index in [0.717, 1.165) is 90.2 Å². The first-order valence-electron chi connectivity index (χ1n) is 15.3. The molecule has 0 radical (unpaired) electrons. The molecule has 1 saturated heterocycles. The Kier molecular flexibility index (Phi) is 8.53. The fourth-order valence-corrected chi connectivity index (χ4v) is 6.63. The smallest absolute Gasteiger partial charge is 0.225 e. The van der Waals surface area contributed by atoms with Gasteiger partial charge in [-0.05, 0) is 70.0 Å². The lowest BCUT2D eigenvalue weighted by molar-refractivity contribution is -0.138. The molecule has 3 N–H and O–H groups in total. The summed E-state index contributed by atoms with van der Waals surface area (Å²) < 4.78 is 30.2. The zero-order valence-electron chi connectivity index (χ0n) is 24.1. The molecule has 3 fully saturated rings. The van der Waals surface area contributed by atoms with Gasteiger partial charge in [-0.1, -0.05) is 6.92 Å².